The molecule has 25 heavy (non-hydrogen) atoms. The molecule has 9 heteroatoms. The standard InChI is InChI=1S/C16H24N6O2S/c1-4-22-16(5-7-19-22)15-10-14(17-12-18-15)9-13-6-8-21(11-13)25(23,24)20(2)3/h5,7,10,12-13H,4,6,8-9,11H2,1-3H3. The molecular weight excluding hydrogens is 340 g/mol. The predicted octanol–water partition coefficient (Wildman–Crippen LogP) is 1.03. The van der Waals surface area contributed by atoms with E-state index < -0.39 is 10.2 Å². The van der Waals surface area contributed by atoms with Gasteiger partial charge in [0, 0.05) is 45.6 Å². The lowest BCUT2D eigenvalue weighted by Crippen LogP contribution is -2.38. The Morgan fingerprint density at radius 3 is 2.84 bits per heavy atom. The van der Waals surface area contributed by atoms with E-state index in [0.29, 0.717) is 13.1 Å². The van der Waals surface area contributed by atoms with Crippen LogP contribution in [0.4, 0.5) is 0 Å². The monoisotopic (exact) mass is 364 g/mol. The number of rotatable bonds is 6. The SMILES string of the molecule is CCn1nccc1-c1cc(CC2CCN(S(=O)(=O)N(C)C)C2)ncn1. The first-order chi connectivity index (χ1) is 11.9. The summed E-state index contributed by atoms with van der Waals surface area (Å²) < 4.78 is 29.2. The van der Waals surface area contributed by atoms with Crippen molar-refractivity contribution in [1.29, 1.82) is 0 Å². The minimum atomic E-state index is -3.33. The summed E-state index contributed by atoms with van der Waals surface area (Å²) in [6.45, 7) is 3.91. The fraction of sp³-hybridized carbons (Fsp3) is 0.562. The zero-order chi connectivity index (χ0) is 18.0. The van der Waals surface area contributed by atoms with Gasteiger partial charge in [-0.05, 0) is 37.8 Å². The van der Waals surface area contributed by atoms with Gasteiger partial charge in [-0.1, -0.05) is 0 Å². The Balaban J connectivity index is 1.72. The lowest BCUT2D eigenvalue weighted by molar-refractivity contribution is 0.409. The topological polar surface area (TPSA) is 84.2 Å². The van der Waals surface area contributed by atoms with Crippen molar-refractivity contribution in [1.82, 2.24) is 28.4 Å². The molecule has 0 amide bonds. The second-order valence-electron chi connectivity index (χ2n) is 6.43. The van der Waals surface area contributed by atoms with E-state index in [2.05, 4.69) is 15.1 Å². The molecule has 3 rings (SSSR count). The average Bonchev–Trinajstić information content (AvgIpc) is 3.24. The molecule has 1 fully saturated rings. The Labute approximate surface area is 148 Å². The van der Waals surface area contributed by atoms with E-state index in [1.807, 2.05) is 23.7 Å². The van der Waals surface area contributed by atoms with Crippen molar-refractivity contribution < 1.29 is 8.42 Å². The van der Waals surface area contributed by atoms with Gasteiger partial charge in [-0.25, -0.2) is 9.97 Å². The first kappa shape index (κ1) is 18.0. The lowest BCUT2D eigenvalue weighted by Gasteiger charge is -2.20. The molecule has 136 valence electrons. The molecular formula is C16H24N6O2S. The molecule has 0 bridgehead atoms. The van der Waals surface area contributed by atoms with Gasteiger partial charge in [-0.15, -0.1) is 0 Å². The minimum Gasteiger partial charge on any atom is -0.264 e. The molecule has 0 spiro atoms. The highest BCUT2D eigenvalue weighted by atomic mass is 32.2. The van der Waals surface area contributed by atoms with Crippen molar-refractivity contribution in [3.8, 4) is 11.4 Å². The summed E-state index contributed by atoms with van der Waals surface area (Å²) in [5.74, 6) is 0.272. The Bertz CT molecular complexity index is 833. The van der Waals surface area contributed by atoms with Gasteiger partial charge >= 0.3 is 0 Å². The molecule has 1 unspecified atom stereocenters. The van der Waals surface area contributed by atoms with Gasteiger partial charge in [-0.3, -0.25) is 4.68 Å². The third kappa shape index (κ3) is 3.73. The van der Waals surface area contributed by atoms with Crippen molar-refractivity contribution in [3.05, 3.63) is 30.4 Å². The Morgan fingerprint density at radius 1 is 1.32 bits per heavy atom. The molecule has 0 aliphatic carbocycles. The van der Waals surface area contributed by atoms with E-state index in [9.17, 15) is 8.42 Å². The first-order valence-corrected chi connectivity index (χ1v) is 9.82. The van der Waals surface area contributed by atoms with Crippen LogP contribution in [0.3, 0.4) is 0 Å². The van der Waals surface area contributed by atoms with Crippen LogP contribution >= 0.6 is 0 Å². The molecule has 1 aliphatic rings. The van der Waals surface area contributed by atoms with Gasteiger partial charge in [0.25, 0.3) is 10.2 Å². The van der Waals surface area contributed by atoms with Crippen LogP contribution in [0.1, 0.15) is 19.0 Å². The highest BCUT2D eigenvalue weighted by Crippen LogP contribution is 2.24. The van der Waals surface area contributed by atoms with Gasteiger partial charge in [0.15, 0.2) is 0 Å². The van der Waals surface area contributed by atoms with Crippen molar-refractivity contribution >= 4 is 10.2 Å². The lowest BCUT2D eigenvalue weighted by atomic mass is 10.0. The van der Waals surface area contributed by atoms with Crippen molar-refractivity contribution in [2.75, 3.05) is 27.2 Å². The molecule has 3 heterocycles. The quantitative estimate of drug-likeness (QED) is 0.764. The second-order valence-corrected chi connectivity index (χ2v) is 8.58. The minimum absolute atomic E-state index is 0.272. The van der Waals surface area contributed by atoms with Crippen LogP contribution in [0, 0.1) is 5.92 Å². The second kappa shape index (κ2) is 7.19. The van der Waals surface area contributed by atoms with Gasteiger partial charge in [-0.2, -0.15) is 22.1 Å². The summed E-state index contributed by atoms with van der Waals surface area (Å²) in [5.41, 5.74) is 2.75. The summed E-state index contributed by atoms with van der Waals surface area (Å²) in [6, 6.07) is 3.92. The molecule has 2 aromatic heterocycles. The van der Waals surface area contributed by atoms with Gasteiger partial charge in [0.1, 0.15) is 6.33 Å². The van der Waals surface area contributed by atoms with E-state index in [-0.39, 0.29) is 5.92 Å². The van der Waals surface area contributed by atoms with Crippen LogP contribution < -0.4 is 0 Å². The van der Waals surface area contributed by atoms with Crippen LogP contribution in [0.25, 0.3) is 11.4 Å². The summed E-state index contributed by atoms with van der Waals surface area (Å²) in [7, 11) is -0.201. The number of aromatic nitrogens is 4. The number of nitrogens with zero attached hydrogens (tertiary/aromatic N) is 6. The van der Waals surface area contributed by atoms with Crippen LogP contribution in [0.5, 0.6) is 0 Å². The Morgan fingerprint density at radius 2 is 2.12 bits per heavy atom. The zero-order valence-corrected chi connectivity index (χ0v) is 15.6. The van der Waals surface area contributed by atoms with E-state index in [1.54, 1.807) is 30.9 Å². The molecule has 0 saturated carbocycles. The van der Waals surface area contributed by atoms with Crippen LogP contribution in [0.15, 0.2) is 24.7 Å². The maximum atomic E-state index is 12.2. The molecule has 1 atom stereocenters. The Kier molecular flexibility index (Phi) is 5.16. The fourth-order valence-corrected chi connectivity index (χ4v) is 4.35. The van der Waals surface area contributed by atoms with Crippen molar-refractivity contribution in [2.45, 2.75) is 26.3 Å². The predicted molar refractivity (Wildman–Crippen MR) is 94.9 cm³/mol. The summed E-state index contributed by atoms with van der Waals surface area (Å²) in [6.07, 6.45) is 4.93. The van der Waals surface area contributed by atoms with E-state index >= 15 is 0 Å². The molecule has 8 nitrogen and oxygen atoms in total. The summed E-state index contributed by atoms with van der Waals surface area (Å²) in [4.78, 5) is 8.73. The molecule has 1 aliphatic heterocycles. The molecule has 2 aromatic rings. The summed E-state index contributed by atoms with van der Waals surface area (Å²) in [5, 5.41) is 4.28. The third-order valence-corrected chi connectivity index (χ3v) is 6.44. The highest BCUT2D eigenvalue weighted by molar-refractivity contribution is 7.86. The van der Waals surface area contributed by atoms with E-state index in [1.165, 1.54) is 4.31 Å². The van der Waals surface area contributed by atoms with Gasteiger partial charge < -0.3 is 0 Å². The maximum absolute atomic E-state index is 12.2. The van der Waals surface area contributed by atoms with Crippen LogP contribution in [-0.2, 0) is 23.2 Å². The van der Waals surface area contributed by atoms with Crippen LogP contribution in [0.2, 0.25) is 0 Å². The third-order valence-electron chi connectivity index (χ3n) is 4.54. The average molecular weight is 364 g/mol. The number of aryl methyl sites for hydroxylation is 1. The summed E-state index contributed by atoms with van der Waals surface area (Å²) >= 11 is 0. The maximum Gasteiger partial charge on any atom is 0.281 e. The number of hydrogen-bond donors (Lipinski definition) is 0. The van der Waals surface area contributed by atoms with E-state index in [4.69, 9.17) is 0 Å². The molecule has 0 N–H and O–H groups in total. The van der Waals surface area contributed by atoms with Crippen molar-refractivity contribution in [3.63, 3.8) is 0 Å². The molecule has 1 saturated heterocycles. The molecule has 0 radical (unpaired) electrons. The van der Waals surface area contributed by atoms with Crippen LogP contribution in [-0.4, -0.2) is 64.0 Å². The van der Waals surface area contributed by atoms with Gasteiger partial charge in [0.05, 0.1) is 11.4 Å². The largest absolute Gasteiger partial charge is 0.281 e. The zero-order valence-electron chi connectivity index (χ0n) is 14.8. The fourth-order valence-electron chi connectivity index (χ4n) is 3.15. The number of hydrogen-bond acceptors (Lipinski definition) is 5. The first-order valence-electron chi connectivity index (χ1n) is 8.42. The highest BCUT2D eigenvalue weighted by Gasteiger charge is 2.32. The normalized spacial score (nSPS) is 19.0. The molecule has 0 aromatic carbocycles. The van der Waals surface area contributed by atoms with Crippen molar-refractivity contribution in [2.24, 2.45) is 5.92 Å². The van der Waals surface area contributed by atoms with Gasteiger partial charge in [0.2, 0.25) is 0 Å². The smallest absolute Gasteiger partial charge is 0.264 e. The van der Waals surface area contributed by atoms with E-state index in [0.717, 1.165) is 36.5 Å². The Hall–Kier alpha value is -1.84.